The van der Waals surface area contributed by atoms with Crippen molar-refractivity contribution in [3.63, 3.8) is 0 Å². The van der Waals surface area contributed by atoms with Crippen LogP contribution in [-0.4, -0.2) is 27.2 Å². The zero-order valence-corrected chi connectivity index (χ0v) is 15.3. The largest absolute Gasteiger partial charge is 0.462 e. The number of aryl methyl sites for hydroxylation is 2. The van der Waals surface area contributed by atoms with Gasteiger partial charge in [-0.05, 0) is 53.8 Å². The second kappa shape index (κ2) is 6.48. The van der Waals surface area contributed by atoms with Crippen molar-refractivity contribution in [1.29, 1.82) is 0 Å². The van der Waals surface area contributed by atoms with Crippen LogP contribution < -0.4 is 0 Å². The van der Waals surface area contributed by atoms with Crippen LogP contribution in [0.5, 0.6) is 0 Å². The van der Waals surface area contributed by atoms with Gasteiger partial charge in [-0.1, -0.05) is 30.3 Å². The SMILES string of the molecule is Cc1ccc(/C(=C2/CCOC2=O)c2ccc(S(C)(=O)=O)cc2)cc1C. The summed E-state index contributed by atoms with van der Waals surface area (Å²) in [6.45, 7) is 4.45. The minimum Gasteiger partial charge on any atom is -0.462 e. The third-order valence-corrected chi connectivity index (χ3v) is 5.63. The van der Waals surface area contributed by atoms with Gasteiger partial charge in [-0.15, -0.1) is 0 Å². The molecule has 0 atom stereocenters. The summed E-state index contributed by atoms with van der Waals surface area (Å²) in [7, 11) is -3.26. The Balaban J connectivity index is 2.19. The topological polar surface area (TPSA) is 60.4 Å². The van der Waals surface area contributed by atoms with E-state index >= 15 is 0 Å². The zero-order chi connectivity index (χ0) is 18.2. The molecule has 2 aromatic carbocycles. The van der Waals surface area contributed by atoms with Crippen molar-refractivity contribution in [3.05, 3.63) is 70.3 Å². The van der Waals surface area contributed by atoms with E-state index in [-0.39, 0.29) is 10.9 Å². The monoisotopic (exact) mass is 356 g/mol. The number of rotatable bonds is 3. The first-order valence-electron chi connectivity index (χ1n) is 8.06. The third kappa shape index (κ3) is 3.51. The number of carbonyl (C=O) groups excluding carboxylic acids is 1. The first kappa shape index (κ1) is 17.4. The van der Waals surface area contributed by atoms with Crippen LogP contribution in [0.3, 0.4) is 0 Å². The van der Waals surface area contributed by atoms with Gasteiger partial charge >= 0.3 is 5.97 Å². The molecular weight excluding hydrogens is 336 g/mol. The molecule has 0 bridgehead atoms. The van der Waals surface area contributed by atoms with Crippen LogP contribution in [0.4, 0.5) is 0 Å². The summed E-state index contributed by atoms with van der Waals surface area (Å²) in [5.74, 6) is -0.305. The Morgan fingerprint density at radius 1 is 0.960 bits per heavy atom. The molecule has 0 radical (unpaired) electrons. The van der Waals surface area contributed by atoms with Crippen LogP contribution in [-0.2, 0) is 19.4 Å². The molecule has 0 aliphatic carbocycles. The normalized spacial score (nSPS) is 16.7. The van der Waals surface area contributed by atoms with Crippen molar-refractivity contribution < 1.29 is 17.9 Å². The minimum absolute atomic E-state index is 0.259. The van der Waals surface area contributed by atoms with Gasteiger partial charge in [-0.2, -0.15) is 0 Å². The quantitative estimate of drug-likeness (QED) is 0.624. The van der Waals surface area contributed by atoms with Crippen LogP contribution in [0.2, 0.25) is 0 Å². The first-order chi connectivity index (χ1) is 11.8. The lowest BCUT2D eigenvalue weighted by atomic mass is 9.90. The van der Waals surface area contributed by atoms with Crippen molar-refractivity contribution in [3.8, 4) is 0 Å². The summed E-state index contributed by atoms with van der Waals surface area (Å²) in [6, 6.07) is 12.7. The second-order valence-electron chi connectivity index (χ2n) is 6.34. The molecule has 0 N–H and O–H groups in total. The van der Waals surface area contributed by atoms with Gasteiger partial charge in [0.1, 0.15) is 0 Å². The average Bonchev–Trinajstić information content (AvgIpc) is 2.97. The highest BCUT2D eigenvalue weighted by Gasteiger charge is 2.25. The highest BCUT2D eigenvalue weighted by Crippen LogP contribution is 2.33. The van der Waals surface area contributed by atoms with E-state index in [0.29, 0.717) is 18.6 Å². The van der Waals surface area contributed by atoms with Crippen molar-refractivity contribution in [2.24, 2.45) is 0 Å². The molecule has 4 nitrogen and oxygen atoms in total. The molecule has 5 heteroatoms. The predicted octanol–water partition coefficient (Wildman–Crippen LogP) is 3.46. The Kier molecular flexibility index (Phi) is 4.52. The van der Waals surface area contributed by atoms with E-state index in [9.17, 15) is 13.2 Å². The molecule has 2 aromatic rings. The summed E-state index contributed by atoms with van der Waals surface area (Å²) >= 11 is 0. The zero-order valence-electron chi connectivity index (χ0n) is 14.5. The molecule has 1 aliphatic heterocycles. The fourth-order valence-corrected chi connectivity index (χ4v) is 3.57. The van der Waals surface area contributed by atoms with Gasteiger partial charge < -0.3 is 4.74 Å². The molecule has 1 fully saturated rings. The summed E-state index contributed by atoms with van der Waals surface area (Å²) in [6.07, 6.45) is 1.73. The van der Waals surface area contributed by atoms with Crippen molar-refractivity contribution >= 4 is 21.4 Å². The predicted molar refractivity (Wildman–Crippen MR) is 97.1 cm³/mol. The summed E-state index contributed by atoms with van der Waals surface area (Å²) in [4.78, 5) is 12.4. The molecule has 1 aliphatic rings. The molecule has 1 heterocycles. The van der Waals surface area contributed by atoms with Gasteiger partial charge in [0.15, 0.2) is 9.84 Å². The minimum atomic E-state index is -3.26. The number of carbonyl (C=O) groups is 1. The van der Waals surface area contributed by atoms with E-state index in [0.717, 1.165) is 22.3 Å². The lowest BCUT2D eigenvalue weighted by Gasteiger charge is -2.13. The van der Waals surface area contributed by atoms with Crippen molar-refractivity contribution in [1.82, 2.24) is 0 Å². The van der Waals surface area contributed by atoms with Gasteiger partial charge in [0, 0.05) is 18.2 Å². The molecule has 0 unspecified atom stereocenters. The lowest BCUT2D eigenvalue weighted by Crippen LogP contribution is -2.02. The highest BCUT2D eigenvalue weighted by molar-refractivity contribution is 7.90. The molecule has 130 valence electrons. The van der Waals surface area contributed by atoms with E-state index < -0.39 is 9.84 Å². The molecular formula is C20H20O4S. The highest BCUT2D eigenvalue weighted by atomic mass is 32.2. The van der Waals surface area contributed by atoms with Crippen molar-refractivity contribution in [2.75, 3.05) is 12.9 Å². The smallest absolute Gasteiger partial charge is 0.334 e. The van der Waals surface area contributed by atoms with Crippen LogP contribution in [0.25, 0.3) is 5.57 Å². The number of cyclic esters (lactones) is 1. The Bertz CT molecular complexity index is 967. The number of hydrogen-bond acceptors (Lipinski definition) is 4. The van der Waals surface area contributed by atoms with Gasteiger partial charge in [-0.25, -0.2) is 13.2 Å². The molecule has 0 spiro atoms. The van der Waals surface area contributed by atoms with Gasteiger partial charge in [0.2, 0.25) is 0 Å². The maximum atomic E-state index is 12.2. The molecule has 1 saturated heterocycles. The van der Waals surface area contributed by atoms with Gasteiger partial charge in [0.25, 0.3) is 0 Å². The Labute approximate surface area is 148 Å². The molecule has 25 heavy (non-hydrogen) atoms. The second-order valence-corrected chi connectivity index (χ2v) is 8.35. The Morgan fingerprint density at radius 2 is 1.60 bits per heavy atom. The maximum absolute atomic E-state index is 12.2. The Morgan fingerprint density at radius 3 is 2.12 bits per heavy atom. The standard InChI is InChI=1S/C20H20O4S/c1-13-4-5-16(12-14(13)2)19(18-10-11-24-20(18)21)15-6-8-17(9-7-15)25(3,22)23/h4-9,12H,10-11H2,1-3H3/b19-18-. The number of sulfone groups is 1. The molecule has 0 amide bonds. The van der Waals surface area contributed by atoms with Crippen LogP contribution in [0, 0.1) is 13.8 Å². The van der Waals surface area contributed by atoms with Crippen LogP contribution in [0.1, 0.15) is 28.7 Å². The summed E-state index contributed by atoms with van der Waals surface area (Å²) < 4.78 is 28.5. The Hall–Kier alpha value is -2.40. The third-order valence-electron chi connectivity index (χ3n) is 4.50. The molecule has 0 saturated carbocycles. The van der Waals surface area contributed by atoms with Crippen LogP contribution >= 0.6 is 0 Å². The number of benzene rings is 2. The number of hydrogen-bond donors (Lipinski definition) is 0. The fourth-order valence-electron chi connectivity index (χ4n) is 2.94. The van der Waals surface area contributed by atoms with E-state index in [1.54, 1.807) is 24.3 Å². The molecule has 3 rings (SSSR count). The van der Waals surface area contributed by atoms with E-state index in [4.69, 9.17) is 4.74 Å². The van der Waals surface area contributed by atoms with Crippen LogP contribution in [0.15, 0.2) is 52.9 Å². The average molecular weight is 356 g/mol. The number of ether oxygens (including phenoxy) is 1. The summed E-state index contributed by atoms with van der Waals surface area (Å²) in [5, 5.41) is 0. The maximum Gasteiger partial charge on any atom is 0.334 e. The molecule has 0 aromatic heterocycles. The van der Waals surface area contributed by atoms with Gasteiger partial charge in [0.05, 0.1) is 11.5 Å². The number of esters is 1. The van der Waals surface area contributed by atoms with Crippen molar-refractivity contribution in [2.45, 2.75) is 25.2 Å². The van der Waals surface area contributed by atoms with E-state index in [1.807, 2.05) is 32.0 Å². The van der Waals surface area contributed by atoms with E-state index in [1.165, 1.54) is 11.8 Å². The lowest BCUT2D eigenvalue weighted by molar-refractivity contribution is -0.135. The summed E-state index contributed by atoms with van der Waals surface area (Å²) in [5.41, 5.74) is 5.50. The fraction of sp³-hybridized carbons (Fsp3) is 0.250. The van der Waals surface area contributed by atoms with E-state index in [2.05, 4.69) is 0 Å². The van der Waals surface area contributed by atoms with Gasteiger partial charge in [-0.3, -0.25) is 0 Å². The first-order valence-corrected chi connectivity index (χ1v) is 9.95.